The first-order chi connectivity index (χ1) is 9.69. The van der Waals surface area contributed by atoms with Crippen LogP contribution in [-0.2, 0) is 0 Å². The lowest BCUT2D eigenvalue weighted by molar-refractivity contribution is 0.627. The van der Waals surface area contributed by atoms with E-state index in [0.29, 0.717) is 0 Å². The summed E-state index contributed by atoms with van der Waals surface area (Å²) in [6, 6.07) is 10.0. The Hall–Kier alpha value is -2.36. The van der Waals surface area contributed by atoms with E-state index in [9.17, 15) is 0 Å². The zero-order valence-electron chi connectivity index (χ0n) is 11.9. The number of aryl methyl sites for hydroxylation is 1. The van der Waals surface area contributed by atoms with Crippen LogP contribution in [0.2, 0.25) is 0 Å². The van der Waals surface area contributed by atoms with Crippen molar-refractivity contribution < 1.29 is 4.42 Å². The van der Waals surface area contributed by atoms with E-state index in [4.69, 9.17) is 4.42 Å². The van der Waals surface area contributed by atoms with Gasteiger partial charge in [0.15, 0.2) is 5.76 Å². The number of hydrogen-bond acceptors (Lipinski definition) is 4. The van der Waals surface area contributed by atoms with Gasteiger partial charge in [-0.15, -0.1) is 0 Å². The Morgan fingerprint density at radius 3 is 2.70 bits per heavy atom. The smallest absolute Gasteiger partial charge is 0.154 e. The summed E-state index contributed by atoms with van der Waals surface area (Å²) in [5, 5.41) is 4.35. The number of aromatic nitrogens is 2. The molecule has 0 amide bonds. The van der Waals surface area contributed by atoms with Crippen LogP contribution in [-0.4, -0.2) is 16.5 Å². The zero-order chi connectivity index (χ0) is 14.1. The van der Waals surface area contributed by atoms with E-state index < -0.39 is 0 Å². The van der Waals surface area contributed by atoms with Gasteiger partial charge in [0.05, 0.1) is 0 Å². The minimum absolute atomic E-state index is 0.738. The first-order valence-corrected chi connectivity index (χ1v) is 6.77. The van der Waals surface area contributed by atoms with Crippen LogP contribution in [0.3, 0.4) is 0 Å². The van der Waals surface area contributed by atoms with Crippen LogP contribution in [0.15, 0.2) is 34.7 Å². The molecule has 102 valence electrons. The van der Waals surface area contributed by atoms with Gasteiger partial charge in [-0.2, -0.15) is 0 Å². The third-order valence-electron chi connectivity index (χ3n) is 3.26. The van der Waals surface area contributed by atoms with Crippen molar-refractivity contribution in [2.24, 2.45) is 0 Å². The molecule has 1 N–H and O–H groups in total. The van der Waals surface area contributed by atoms with E-state index >= 15 is 0 Å². The van der Waals surface area contributed by atoms with Crippen molar-refractivity contribution in [3.05, 3.63) is 41.7 Å². The van der Waals surface area contributed by atoms with Gasteiger partial charge >= 0.3 is 0 Å². The highest BCUT2D eigenvalue weighted by molar-refractivity contribution is 5.83. The molecule has 0 spiro atoms. The average molecular weight is 267 g/mol. The standard InChI is InChI=1S/C16H17N3O/c1-4-17-16-10(2)15(18-11(3)19-16)14-9-12-7-5-6-8-13(12)20-14/h5-9H,4H2,1-3H3,(H,17,18,19). The van der Waals surface area contributed by atoms with Crippen LogP contribution in [0, 0.1) is 13.8 Å². The van der Waals surface area contributed by atoms with E-state index in [1.165, 1.54) is 0 Å². The molecule has 20 heavy (non-hydrogen) atoms. The molecule has 3 rings (SSSR count). The molecular formula is C16H17N3O. The highest BCUT2D eigenvalue weighted by Gasteiger charge is 2.14. The molecule has 3 aromatic rings. The number of hydrogen-bond donors (Lipinski definition) is 1. The lowest BCUT2D eigenvalue weighted by Gasteiger charge is -2.10. The molecule has 4 nitrogen and oxygen atoms in total. The Morgan fingerprint density at radius 1 is 1.15 bits per heavy atom. The summed E-state index contributed by atoms with van der Waals surface area (Å²) in [4.78, 5) is 8.97. The molecule has 0 aliphatic heterocycles. The van der Waals surface area contributed by atoms with Crippen molar-refractivity contribution in [2.75, 3.05) is 11.9 Å². The molecule has 4 heteroatoms. The number of nitrogens with one attached hydrogen (secondary N) is 1. The highest BCUT2D eigenvalue weighted by atomic mass is 16.3. The second kappa shape index (κ2) is 4.96. The zero-order valence-corrected chi connectivity index (χ0v) is 11.9. The largest absolute Gasteiger partial charge is 0.454 e. The molecule has 2 aromatic heterocycles. The van der Waals surface area contributed by atoms with Crippen molar-refractivity contribution in [3.8, 4) is 11.5 Å². The van der Waals surface area contributed by atoms with E-state index in [-0.39, 0.29) is 0 Å². The maximum atomic E-state index is 5.90. The fraction of sp³-hybridized carbons (Fsp3) is 0.250. The van der Waals surface area contributed by atoms with Gasteiger partial charge in [0.1, 0.15) is 22.9 Å². The molecule has 0 aliphatic rings. The fourth-order valence-corrected chi connectivity index (χ4v) is 2.31. The van der Waals surface area contributed by atoms with Gasteiger partial charge in [-0.3, -0.25) is 0 Å². The average Bonchev–Trinajstić information content (AvgIpc) is 2.86. The molecule has 1 aromatic carbocycles. The Balaban J connectivity index is 2.17. The summed E-state index contributed by atoms with van der Waals surface area (Å²) in [5.74, 6) is 2.39. The number of fused-ring (bicyclic) bond motifs is 1. The molecule has 0 aliphatic carbocycles. The fourth-order valence-electron chi connectivity index (χ4n) is 2.31. The Morgan fingerprint density at radius 2 is 1.95 bits per heavy atom. The maximum Gasteiger partial charge on any atom is 0.154 e. The molecular weight excluding hydrogens is 250 g/mol. The van der Waals surface area contributed by atoms with Crippen molar-refractivity contribution in [1.82, 2.24) is 9.97 Å². The summed E-state index contributed by atoms with van der Waals surface area (Å²) in [7, 11) is 0. The van der Waals surface area contributed by atoms with Gasteiger partial charge in [0.2, 0.25) is 0 Å². The van der Waals surface area contributed by atoms with Crippen LogP contribution in [0.4, 0.5) is 5.82 Å². The topological polar surface area (TPSA) is 51.0 Å². The lowest BCUT2D eigenvalue weighted by Crippen LogP contribution is -2.05. The Bertz CT molecular complexity index is 729. The molecule has 0 unspecified atom stereocenters. The van der Waals surface area contributed by atoms with Crippen LogP contribution >= 0.6 is 0 Å². The van der Waals surface area contributed by atoms with E-state index in [2.05, 4.69) is 22.2 Å². The van der Waals surface area contributed by atoms with Crippen LogP contribution in [0.1, 0.15) is 18.3 Å². The monoisotopic (exact) mass is 267 g/mol. The second-order valence-corrected chi connectivity index (χ2v) is 4.77. The first kappa shape index (κ1) is 12.7. The summed E-state index contributed by atoms with van der Waals surface area (Å²) in [5.41, 5.74) is 2.74. The van der Waals surface area contributed by atoms with Crippen LogP contribution in [0.25, 0.3) is 22.4 Å². The number of para-hydroxylation sites is 1. The van der Waals surface area contributed by atoms with Gasteiger partial charge in [0, 0.05) is 17.5 Å². The van der Waals surface area contributed by atoms with Crippen LogP contribution < -0.4 is 5.32 Å². The Labute approximate surface area is 117 Å². The molecule has 2 heterocycles. The molecule has 0 bridgehead atoms. The van der Waals surface area contributed by atoms with Gasteiger partial charge in [0.25, 0.3) is 0 Å². The molecule has 0 radical (unpaired) electrons. The SMILES string of the molecule is CCNc1nc(C)nc(-c2cc3ccccc3o2)c1C. The number of benzene rings is 1. The summed E-state index contributed by atoms with van der Waals surface area (Å²) >= 11 is 0. The molecule has 0 saturated heterocycles. The van der Waals surface area contributed by atoms with Crippen molar-refractivity contribution in [3.63, 3.8) is 0 Å². The molecule has 0 fully saturated rings. The highest BCUT2D eigenvalue weighted by Crippen LogP contribution is 2.30. The normalized spacial score (nSPS) is 10.9. The van der Waals surface area contributed by atoms with E-state index in [1.807, 2.05) is 44.2 Å². The minimum atomic E-state index is 0.738. The van der Waals surface area contributed by atoms with E-state index in [0.717, 1.165) is 46.2 Å². The molecule has 0 atom stereocenters. The van der Waals surface area contributed by atoms with E-state index in [1.54, 1.807) is 0 Å². The van der Waals surface area contributed by atoms with Crippen molar-refractivity contribution in [2.45, 2.75) is 20.8 Å². The third kappa shape index (κ3) is 2.13. The summed E-state index contributed by atoms with van der Waals surface area (Å²) in [6.45, 7) is 6.79. The number of rotatable bonds is 3. The number of furan rings is 1. The van der Waals surface area contributed by atoms with Gasteiger partial charge in [-0.25, -0.2) is 9.97 Å². The minimum Gasteiger partial charge on any atom is -0.454 e. The first-order valence-electron chi connectivity index (χ1n) is 6.77. The predicted octanol–water partition coefficient (Wildman–Crippen LogP) is 3.94. The quantitative estimate of drug-likeness (QED) is 0.781. The van der Waals surface area contributed by atoms with Gasteiger partial charge < -0.3 is 9.73 Å². The van der Waals surface area contributed by atoms with Gasteiger partial charge in [-0.05, 0) is 32.9 Å². The number of anilines is 1. The van der Waals surface area contributed by atoms with Crippen molar-refractivity contribution in [1.29, 1.82) is 0 Å². The number of nitrogens with zero attached hydrogens (tertiary/aromatic N) is 2. The van der Waals surface area contributed by atoms with Crippen LogP contribution in [0.5, 0.6) is 0 Å². The maximum absolute atomic E-state index is 5.90. The molecule has 0 saturated carbocycles. The van der Waals surface area contributed by atoms with Crippen molar-refractivity contribution >= 4 is 16.8 Å². The predicted molar refractivity (Wildman–Crippen MR) is 80.9 cm³/mol. The Kier molecular flexibility index (Phi) is 3.14. The lowest BCUT2D eigenvalue weighted by atomic mass is 10.1. The summed E-state index contributed by atoms with van der Waals surface area (Å²) < 4.78 is 5.90. The third-order valence-corrected chi connectivity index (χ3v) is 3.26. The second-order valence-electron chi connectivity index (χ2n) is 4.77. The van der Waals surface area contributed by atoms with Gasteiger partial charge in [-0.1, -0.05) is 18.2 Å². The summed E-state index contributed by atoms with van der Waals surface area (Å²) in [6.07, 6.45) is 0.